The number of aryl methyl sites for hydroxylation is 1. The van der Waals surface area contributed by atoms with E-state index in [1.165, 1.54) is 0 Å². The fraction of sp³-hybridized carbons (Fsp3) is 0.421. The van der Waals surface area contributed by atoms with E-state index in [0.29, 0.717) is 0 Å². The van der Waals surface area contributed by atoms with E-state index in [0.717, 1.165) is 73.8 Å². The van der Waals surface area contributed by atoms with Crippen LogP contribution in [0.25, 0.3) is 10.9 Å². The number of hydrogen-bond donors (Lipinski definition) is 1. The number of methoxy groups -OCH3 is 1. The lowest BCUT2D eigenvalue weighted by molar-refractivity contribution is 0.248. The molecule has 1 aliphatic rings. The monoisotopic (exact) mass is 367 g/mol. The highest BCUT2D eigenvalue weighted by Gasteiger charge is 2.20. The van der Waals surface area contributed by atoms with Crippen molar-refractivity contribution in [2.24, 2.45) is 0 Å². The van der Waals surface area contributed by atoms with Crippen molar-refractivity contribution < 1.29 is 4.74 Å². The van der Waals surface area contributed by atoms with Crippen molar-refractivity contribution in [3.63, 3.8) is 0 Å². The minimum Gasteiger partial charge on any atom is -0.491 e. The number of piperazine rings is 1. The standard InChI is InChI=1S/C19H25N7O/c1-27-18-13-21-14-22-19(18)25-9-7-24(8-10-25)5-2-6-26-17-11-16(20)4-3-15(17)12-23-26/h3-4,11-14H,2,5-10,20H2,1H3. The molecule has 3 aromatic rings. The van der Waals surface area contributed by atoms with Crippen molar-refractivity contribution in [1.29, 1.82) is 0 Å². The molecule has 4 rings (SSSR count). The molecule has 0 atom stereocenters. The van der Waals surface area contributed by atoms with Gasteiger partial charge in [0, 0.05) is 50.3 Å². The highest BCUT2D eigenvalue weighted by atomic mass is 16.5. The number of rotatable bonds is 6. The van der Waals surface area contributed by atoms with Crippen molar-refractivity contribution in [2.75, 3.05) is 50.5 Å². The molecule has 0 aliphatic carbocycles. The molecule has 1 aromatic carbocycles. The molecule has 0 unspecified atom stereocenters. The predicted molar refractivity (Wildman–Crippen MR) is 106 cm³/mol. The summed E-state index contributed by atoms with van der Waals surface area (Å²) in [6.07, 6.45) is 6.26. The molecule has 0 saturated carbocycles. The van der Waals surface area contributed by atoms with Crippen LogP contribution in [0.3, 0.4) is 0 Å². The summed E-state index contributed by atoms with van der Waals surface area (Å²) in [6.45, 7) is 5.86. The number of benzene rings is 1. The summed E-state index contributed by atoms with van der Waals surface area (Å²) in [5.41, 5.74) is 7.79. The number of nitrogen functional groups attached to an aromatic ring is 1. The van der Waals surface area contributed by atoms with Gasteiger partial charge in [0.05, 0.1) is 25.0 Å². The molecule has 1 saturated heterocycles. The van der Waals surface area contributed by atoms with E-state index in [2.05, 4.69) is 24.9 Å². The van der Waals surface area contributed by atoms with Crippen molar-refractivity contribution in [3.8, 4) is 5.75 Å². The van der Waals surface area contributed by atoms with Gasteiger partial charge in [-0.1, -0.05) is 0 Å². The minimum absolute atomic E-state index is 0.732. The second-order valence-corrected chi connectivity index (χ2v) is 6.78. The van der Waals surface area contributed by atoms with Gasteiger partial charge < -0.3 is 15.4 Å². The molecule has 1 aliphatic heterocycles. The maximum atomic E-state index is 5.91. The highest BCUT2D eigenvalue weighted by molar-refractivity contribution is 5.81. The molecular weight excluding hydrogens is 342 g/mol. The molecule has 0 bridgehead atoms. The second-order valence-electron chi connectivity index (χ2n) is 6.78. The number of anilines is 2. The first-order valence-electron chi connectivity index (χ1n) is 9.27. The van der Waals surface area contributed by atoms with Crippen molar-refractivity contribution in [3.05, 3.63) is 36.9 Å². The van der Waals surface area contributed by atoms with Gasteiger partial charge in [-0.15, -0.1) is 0 Å². The summed E-state index contributed by atoms with van der Waals surface area (Å²) in [5, 5.41) is 5.63. The van der Waals surface area contributed by atoms with Gasteiger partial charge in [-0.2, -0.15) is 5.10 Å². The third-order valence-electron chi connectivity index (χ3n) is 5.06. The largest absolute Gasteiger partial charge is 0.491 e. The van der Waals surface area contributed by atoms with Crippen molar-refractivity contribution >= 4 is 22.4 Å². The summed E-state index contributed by atoms with van der Waals surface area (Å²) in [5.74, 6) is 1.61. The van der Waals surface area contributed by atoms with Gasteiger partial charge in [-0.05, 0) is 24.6 Å². The van der Waals surface area contributed by atoms with Crippen LogP contribution >= 0.6 is 0 Å². The molecule has 0 radical (unpaired) electrons. The predicted octanol–water partition coefficient (Wildman–Crippen LogP) is 1.63. The lowest BCUT2D eigenvalue weighted by atomic mass is 10.2. The molecule has 0 amide bonds. The van der Waals surface area contributed by atoms with E-state index in [1.54, 1.807) is 19.6 Å². The molecule has 8 nitrogen and oxygen atoms in total. The summed E-state index contributed by atoms with van der Waals surface area (Å²) < 4.78 is 7.43. The van der Waals surface area contributed by atoms with Gasteiger partial charge in [-0.25, -0.2) is 9.97 Å². The first kappa shape index (κ1) is 17.5. The Bertz CT molecular complexity index is 902. The Labute approximate surface area is 158 Å². The molecule has 142 valence electrons. The van der Waals surface area contributed by atoms with Crippen LogP contribution in [0, 0.1) is 0 Å². The van der Waals surface area contributed by atoms with Gasteiger partial charge in [0.2, 0.25) is 0 Å². The number of hydrogen-bond acceptors (Lipinski definition) is 7. The third kappa shape index (κ3) is 3.80. The molecule has 2 N–H and O–H groups in total. The van der Waals surface area contributed by atoms with E-state index in [-0.39, 0.29) is 0 Å². The van der Waals surface area contributed by atoms with Crippen LogP contribution in [0.4, 0.5) is 11.5 Å². The number of aromatic nitrogens is 4. The first-order chi connectivity index (χ1) is 13.2. The Morgan fingerprint density at radius 3 is 2.78 bits per heavy atom. The zero-order valence-electron chi connectivity index (χ0n) is 15.6. The number of fused-ring (bicyclic) bond motifs is 1. The van der Waals surface area contributed by atoms with Crippen LogP contribution < -0.4 is 15.4 Å². The fourth-order valence-electron chi connectivity index (χ4n) is 3.58. The lowest BCUT2D eigenvalue weighted by Crippen LogP contribution is -2.47. The Morgan fingerprint density at radius 1 is 1.11 bits per heavy atom. The number of nitrogens with two attached hydrogens (primary N) is 1. The van der Waals surface area contributed by atoms with E-state index in [4.69, 9.17) is 10.5 Å². The van der Waals surface area contributed by atoms with Crippen molar-refractivity contribution in [2.45, 2.75) is 13.0 Å². The average molecular weight is 367 g/mol. The summed E-state index contributed by atoms with van der Waals surface area (Å²) >= 11 is 0. The topological polar surface area (TPSA) is 85.3 Å². The highest BCUT2D eigenvalue weighted by Crippen LogP contribution is 2.24. The van der Waals surface area contributed by atoms with Crippen LogP contribution in [-0.2, 0) is 6.54 Å². The van der Waals surface area contributed by atoms with Crippen LogP contribution in [0.2, 0.25) is 0 Å². The van der Waals surface area contributed by atoms with E-state index in [9.17, 15) is 0 Å². The summed E-state index contributed by atoms with van der Waals surface area (Å²) in [7, 11) is 1.66. The molecule has 3 heterocycles. The minimum atomic E-state index is 0.732. The van der Waals surface area contributed by atoms with Gasteiger partial charge >= 0.3 is 0 Å². The zero-order valence-corrected chi connectivity index (χ0v) is 15.6. The van der Waals surface area contributed by atoms with Crippen LogP contribution in [0.15, 0.2) is 36.9 Å². The van der Waals surface area contributed by atoms with Crippen molar-refractivity contribution in [1.82, 2.24) is 24.6 Å². The maximum absolute atomic E-state index is 5.91. The van der Waals surface area contributed by atoms with Gasteiger partial charge in [0.1, 0.15) is 6.33 Å². The number of nitrogens with zero attached hydrogens (tertiary/aromatic N) is 6. The first-order valence-corrected chi connectivity index (χ1v) is 9.27. The summed E-state index contributed by atoms with van der Waals surface area (Å²) in [4.78, 5) is 13.2. The Balaban J connectivity index is 1.29. The molecule has 8 heteroatoms. The van der Waals surface area contributed by atoms with Gasteiger partial charge in [-0.3, -0.25) is 9.58 Å². The van der Waals surface area contributed by atoms with Crippen LogP contribution in [0.5, 0.6) is 5.75 Å². The average Bonchev–Trinajstić information content (AvgIpc) is 3.10. The molecule has 2 aromatic heterocycles. The second kappa shape index (κ2) is 7.79. The smallest absolute Gasteiger partial charge is 0.179 e. The van der Waals surface area contributed by atoms with Gasteiger partial charge in [0.25, 0.3) is 0 Å². The molecule has 0 spiro atoms. The maximum Gasteiger partial charge on any atom is 0.179 e. The molecule has 1 fully saturated rings. The molecule has 27 heavy (non-hydrogen) atoms. The number of ether oxygens (including phenoxy) is 1. The van der Waals surface area contributed by atoms with E-state index < -0.39 is 0 Å². The van der Waals surface area contributed by atoms with Gasteiger partial charge in [0.15, 0.2) is 11.6 Å². The lowest BCUT2D eigenvalue weighted by Gasteiger charge is -2.35. The molecular formula is C19H25N7O. The quantitative estimate of drug-likeness (QED) is 0.663. The summed E-state index contributed by atoms with van der Waals surface area (Å²) in [6, 6.07) is 5.94. The van der Waals surface area contributed by atoms with E-state index >= 15 is 0 Å². The Kier molecular flexibility index (Phi) is 5.06. The Morgan fingerprint density at radius 2 is 1.96 bits per heavy atom. The van der Waals surface area contributed by atoms with E-state index in [1.807, 2.05) is 29.1 Å². The normalized spacial score (nSPS) is 15.4. The fourth-order valence-corrected chi connectivity index (χ4v) is 3.58. The SMILES string of the molecule is COc1cncnc1N1CCN(CCCn2ncc3ccc(N)cc32)CC1. The van der Waals surface area contributed by atoms with Crippen LogP contribution in [-0.4, -0.2) is 64.5 Å². The Hall–Kier alpha value is -2.87. The zero-order chi connectivity index (χ0) is 18.6. The third-order valence-corrected chi connectivity index (χ3v) is 5.06. The van der Waals surface area contributed by atoms with Crippen LogP contribution in [0.1, 0.15) is 6.42 Å².